The van der Waals surface area contributed by atoms with Gasteiger partial charge in [0.1, 0.15) is 0 Å². The molecule has 126 valence electrons. The topological polar surface area (TPSA) is 61.8 Å². The summed E-state index contributed by atoms with van der Waals surface area (Å²) in [6, 6.07) is 10.3. The van der Waals surface area contributed by atoms with Crippen LogP contribution < -0.4 is 9.47 Å². The third-order valence-electron chi connectivity index (χ3n) is 3.65. The number of ketones is 1. The van der Waals surface area contributed by atoms with Gasteiger partial charge < -0.3 is 14.2 Å². The molecular weight excluding hydrogens is 308 g/mol. The van der Waals surface area contributed by atoms with Gasteiger partial charge in [0.25, 0.3) is 0 Å². The summed E-state index contributed by atoms with van der Waals surface area (Å²) < 4.78 is 15.4. The van der Waals surface area contributed by atoms with E-state index >= 15 is 0 Å². The predicted octanol–water partition coefficient (Wildman–Crippen LogP) is 3.36. The number of aryl methyl sites for hydroxylation is 2. The highest BCUT2D eigenvalue weighted by Gasteiger charge is 2.15. The number of Topliss-reactive ketones (excluding diaryl/α,β-unsaturated/α-hetero) is 1. The van der Waals surface area contributed by atoms with Crippen molar-refractivity contribution in [2.75, 3.05) is 20.8 Å². The molecule has 0 aromatic heterocycles. The van der Waals surface area contributed by atoms with Crippen LogP contribution in [0.1, 0.15) is 31.8 Å². The van der Waals surface area contributed by atoms with Gasteiger partial charge in [-0.25, -0.2) is 4.79 Å². The second kappa shape index (κ2) is 7.64. The third kappa shape index (κ3) is 3.93. The van der Waals surface area contributed by atoms with Crippen molar-refractivity contribution in [1.29, 1.82) is 0 Å². The van der Waals surface area contributed by atoms with Crippen LogP contribution in [0, 0.1) is 13.8 Å². The first-order valence-corrected chi connectivity index (χ1v) is 7.46. The van der Waals surface area contributed by atoms with Crippen LogP contribution in [0.15, 0.2) is 36.4 Å². The zero-order valence-electron chi connectivity index (χ0n) is 14.2. The number of hydrogen-bond acceptors (Lipinski definition) is 5. The van der Waals surface area contributed by atoms with Crippen LogP contribution in [-0.4, -0.2) is 32.6 Å². The molecule has 2 aromatic carbocycles. The van der Waals surface area contributed by atoms with Crippen LogP contribution in [0.25, 0.3) is 0 Å². The van der Waals surface area contributed by atoms with Gasteiger partial charge in [0.15, 0.2) is 18.1 Å². The first-order chi connectivity index (χ1) is 11.5. The molecule has 0 aliphatic heterocycles. The average Bonchev–Trinajstić information content (AvgIpc) is 2.60. The maximum absolute atomic E-state index is 12.3. The van der Waals surface area contributed by atoms with Gasteiger partial charge in [-0.2, -0.15) is 0 Å². The molecule has 0 atom stereocenters. The summed E-state index contributed by atoms with van der Waals surface area (Å²) in [6.45, 7) is 3.45. The first kappa shape index (κ1) is 17.5. The summed E-state index contributed by atoms with van der Waals surface area (Å²) in [7, 11) is 3.00. The van der Waals surface area contributed by atoms with Crippen molar-refractivity contribution in [3.63, 3.8) is 0 Å². The van der Waals surface area contributed by atoms with E-state index in [0.29, 0.717) is 22.6 Å². The molecule has 0 unspecified atom stereocenters. The Morgan fingerprint density at radius 1 is 0.917 bits per heavy atom. The van der Waals surface area contributed by atoms with E-state index in [9.17, 15) is 9.59 Å². The van der Waals surface area contributed by atoms with Crippen LogP contribution in [0.5, 0.6) is 11.5 Å². The van der Waals surface area contributed by atoms with E-state index in [2.05, 4.69) is 0 Å². The fraction of sp³-hybridized carbons (Fsp3) is 0.263. The van der Waals surface area contributed by atoms with Crippen molar-refractivity contribution in [3.05, 3.63) is 58.7 Å². The molecule has 0 N–H and O–H groups in total. The molecule has 0 spiro atoms. The molecule has 0 radical (unpaired) electrons. The predicted molar refractivity (Wildman–Crippen MR) is 90.1 cm³/mol. The van der Waals surface area contributed by atoms with Gasteiger partial charge in [0.2, 0.25) is 5.78 Å². The molecule has 0 aliphatic carbocycles. The lowest BCUT2D eigenvalue weighted by Crippen LogP contribution is -2.15. The number of methoxy groups -OCH3 is 2. The summed E-state index contributed by atoms with van der Waals surface area (Å²) in [4.78, 5) is 24.4. The summed E-state index contributed by atoms with van der Waals surface area (Å²) in [5.74, 6) is 0.118. The number of ether oxygens (including phenoxy) is 3. The van der Waals surface area contributed by atoms with E-state index in [0.717, 1.165) is 11.1 Å². The minimum Gasteiger partial charge on any atom is -0.493 e. The summed E-state index contributed by atoms with van der Waals surface area (Å²) in [5.41, 5.74) is 2.69. The lowest BCUT2D eigenvalue weighted by atomic mass is 10.0. The van der Waals surface area contributed by atoms with Gasteiger partial charge in [-0.05, 0) is 43.7 Å². The van der Waals surface area contributed by atoms with Crippen molar-refractivity contribution in [1.82, 2.24) is 0 Å². The Kier molecular flexibility index (Phi) is 5.58. The summed E-state index contributed by atoms with van der Waals surface area (Å²) in [5, 5.41) is 0. The molecule has 0 aliphatic rings. The van der Waals surface area contributed by atoms with Crippen molar-refractivity contribution in [2.45, 2.75) is 13.8 Å². The molecule has 5 nitrogen and oxygen atoms in total. The van der Waals surface area contributed by atoms with Gasteiger partial charge in [-0.3, -0.25) is 4.79 Å². The molecule has 0 saturated heterocycles. The minimum atomic E-state index is -0.588. The maximum atomic E-state index is 12.3. The van der Waals surface area contributed by atoms with Gasteiger partial charge in [0, 0.05) is 5.56 Å². The molecule has 2 aromatic rings. The summed E-state index contributed by atoms with van der Waals surface area (Å²) in [6.07, 6.45) is 0. The van der Waals surface area contributed by atoms with Crippen LogP contribution >= 0.6 is 0 Å². The summed E-state index contributed by atoms with van der Waals surface area (Å²) >= 11 is 0. The van der Waals surface area contributed by atoms with Crippen LogP contribution in [0.2, 0.25) is 0 Å². The number of benzene rings is 2. The number of carbonyl (C=O) groups is 2. The molecule has 0 saturated carbocycles. The van der Waals surface area contributed by atoms with Crippen molar-refractivity contribution in [3.8, 4) is 11.5 Å². The smallest absolute Gasteiger partial charge is 0.338 e. The number of esters is 1. The Morgan fingerprint density at radius 2 is 1.62 bits per heavy atom. The Balaban J connectivity index is 2.07. The van der Waals surface area contributed by atoms with Crippen LogP contribution in [-0.2, 0) is 4.74 Å². The van der Waals surface area contributed by atoms with Crippen LogP contribution in [0.3, 0.4) is 0 Å². The molecule has 5 heteroatoms. The second-order valence-electron chi connectivity index (χ2n) is 5.39. The maximum Gasteiger partial charge on any atom is 0.338 e. The monoisotopic (exact) mass is 328 g/mol. The molecule has 0 heterocycles. The fourth-order valence-corrected chi connectivity index (χ4v) is 2.29. The standard InChI is InChI=1S/C19H20O5/c1-12-5-6-13(2)15(9-12)16(20)11-24-19(21)14-7-8-17(22-3)18(10-14)23-4/h5-10H,11H2,1-4H3. The Bertz CT molecular complexity index is 764. The second-order valence-corrected chi connectivity index (χ2v) is 5.39. The molecule has 0 amide bonds. The molecule has 0 bridgehead atoms. The quantitative estimate of drug-likeness (QED) is 0.601. The minimum absolute atomic E-state index is 0.231. The zero-order valence-corrected chi connectivity index (χ0v) is 14.2. The number of rotatable bonds is 6. The van der Waals surface area contributed by atoms with E-state index in [1.165, 1.54) is 20.3 Å². The first-order valence-electron chi connectivity index (χ1n) is 7.46. The van der Waals surface area contributed by atoms with E-state index in [4.69, 9.17) is 14.2 Å². The Hall–Kier alpha value is -2.82. The highest BCUT2D eigenvalue weighted by molar-refractivity contribution is 6.00. The van der Waals surface area contributed by atoms with Gasteiger partial charge in [-0.1, -0.05) is 17.7 Å². The molecule has 24 heavy (non-hydrogen) atoms. The average molecular weight is 328 g/mol. The van der Waals surface area contributed by atoms with Crippen molar-refractivity contribution in [2.24, 2.45) is 0 Å². The third-order valence-corrected chi connectivity index (χ3v) is 3.65. The van der Waals surface area contributed by atoms with Crippen molar-refractivity contribution < 1.29 is 23.8 Å². The lowest BCUT2D eigenvalue weighted by Gasteiger charge is -2.10. The van der Waals surface area contributed by atoms with E-state index < -0.39 is 5.97 Å². The number of hydrogen-bond donors (Lipinski definition) is 0. The van der Waals surface area contributed by atoms with Crippen molar-refractivity contribution >= 4 is 11.8 Å². The SMILES string of the molecule is COc1ccc(C(=O)OCC(=O)c2cc(C)ccc2C)cc1OC. The van der Waals surface area contributed by atoms with Gasteiger partial charge in [0.05, 0.1) is 19.8 Å². The molecule has 0 fully saturated rings. The Labute approximate surface area is 141 Å². The normalized spacial score (nSPS) is 10.2. The van der Waals surface area contributed by atoms with Gasteiger partial charge >= 0.3 is 5.97 Å². The largest absolute Gasteiger partial charge is 0.493 e. The van der Waals surface area contributed by atoms with E-state index in [1.54, 1.807) is 18.2 Å². The molecular formula is C19H20O5. The zero-order chi connectivity index (χ0) is 17.7. The highest BCUT2D eigenvalue weighted by Crippen LogP contribution is 2.27. The van der Waals surface area contributed by atoms with Crippen LogP contribution in [0.4, 0.5) is 0 Å². The number of carbonyl (C=O) groups excluding carboxylic acids is 2. The van der Waals surface area contributed by atoms with E-state index in [-0.39, 0.29) is 12.4 Å². The lowest BCUT2D eigenvalue weighted by molar-refractivity contribution is 0.0474. The molecule has 2 rings (SSSR count). The fourth-order valence-electron chi connectivity index (χ4n) is 2.29. The van der Waals surface area contributed by atoms with Gasteiger partial charge in [-0.15, -0.1) is 0 Å². The van der Waals surface area contributed by atoms with E-state index in [1.807, 2.05) is 26.0 Å². The Morgan fingerprint density at radius 3 is 2.29 bits per heavy atom. The highest BCUT2D eigenvalue weighted by atomic mass is 16.5.